The number of benzene rings is 2. The van der Waals surface area contributed by atoms with Crippen LogP contribution in [0, 0.1) is 5.82 Å². The van der Waals surface area contributed by atoms with Crippen molar-refractivity contribution in [1.29, 1.82) is 0 Å². The van der Waals surface area contributed by atoms with Gasteiger partial charge in [-0.15, -0.1) is 0 Å². The number of halogens is 1. The van der Waals surface area contributed by atoms with Crippen LogP contribution < -0.4 is 5.32 Å². The lowest BCUT2D eigenvalue weighted by atomic mass is 10.1. The van der Waals surface area contributed by atoms with Gasteiger partial charge in [0.1, 0.15) is 5.82 Å². The molecule has 0 bridgehead atoms. The minimum absolute atomic E-state index is 0.164. The van der Waals surface area contributed by atoms with Crippen LogP contribution in [-0.4, -0.2) is 12.6 Å². The molecule has 2 rings (SSSR count). The Morgan fingerprint density at radius 1 is 1.05 bits per heavy atom. The predicted octanol–water partition coefficient (Wildman–Crippen LogP) is 4.08. The third kappa shape index (κ3) is 5.29. The van der Waals surface area contributed by atoms with Gasteiger partial charge in [-0.3, -0.25) is 0 Å². The van der Waals surface area contributed by atoms with Gasteiger partial charge in [0.15, 0.2) is 0 Å². The minimum atomic E-state index is -0.231. The lowest BCUT2D eigenvalue weighted by Crippen LogP contribution is -2.29. The van der Waals surface area contributed by atoms with Crippen molar-refractivity contribution in [2.24, 2.45) is 0 Å². The molecular formula is C18H22FNO. The second-order valence-electron chi connectivity index (χ2n) is 5.40. The van der Waals surface area contributed by atoms with Crippen LogP contribution in [0.5, 0.6) is 0 Å². The van der Waals surface area contributed by atoms with Crippen LogP contribution in [0.1, 0.15) is 31.1 Å². The smallest absolute Gasteiger partial charge is 0.123 e. The first-order valence-electron chi connectivity index (χ1n) is 7.29. The van der Waals surface area contributed by atoms with Crippen molar-refractivity contribution >= 4 is 0 Å². The van der Waals surface area contributed by atoms with Crippen molar-refractivity contribution in [3.63, 3.8) is 0 Å². The summed E-state index contributed by atoms with van der Waals surface area (Å²) in [5.41, 5.74) is 1.97. The summed E-state index contributed by atoms with van der Waals surface area (Å²) in [4.78, 5) is 0. The van der Waals surface area contributed by atoms with Gasteiger partial charge >= 0.3 is 0 Å². The first kappa shape index (κ1) is 15.7. The maximum atomic E-state index is 13.4. The van der Waals surface area contributed by atoms with Gasteiger partial charge in [-0.25, -0.2) is 4.39 Å². The molecule has 0 saturated heterocycles. The summed E-state index contributed by atoms with van der Waals surface area (Å²) < 4.78 is 19.4. The molecule has 2 nitrogen and oxygen atoms in total. The maximum absolute atomic E-state index is 13.4. The Morgan fingerprint density at radius 2 is 1.81 bits per heavy atom. The molecule has 21 heavy (non-hydrogen) atoms. The molecule has 1 unspecified atom stereocenters. The molecular weight excluding hydrogens is 265 g/mol. The van der Waals surface area contributed by atoms with Gasteiger partial charge in [0, 0.05) is 12.6 Å². The van der Waals surface area contributed by atoms with E-state index in [1.165, 1.54) is 12.1 Å². The van der Waals surface area contributed by atoms with Gasteiger partial charge in [0.25, 0.3) is 0 Å². The van der Waals surface area contributed by atoms with E-state index in [1.807, 2.05) is 36.4 Å². The second kappa shape index (κ2) is 7.91. The SMILES string of the molecule is CC(C)NCC(OCc1ccccc1)c1cccc(F)c1. The lowest BCUT2D eigenvalue weighted by molar-refractivity contribution is 0.0384. The number of ether oxygens (including phenoxy) is 1. The molecule has 112 valence electrons. The first-order valence-corrected chi connectivity index (χ1v) is 7.29. The highest BCUT2D eigenvalue weighted by Gasteiger charge is 2.13. The lowest BCUT2D eigenvalue weighted by Gasteiger charge is -2.20. The van der Waals surface area contributed by atoms with E-state index in [2.05, 4.69) is 19.2 Å². The molecule has 0 aromatic heterocycles. The molecule has 1 atom stereocenters. The summed E-state index contributed by atoms with van der Waals surface area (Å²) in [7, 11) is 0. The molecule has 0 radical (unpaired) electrons. The quantitative estimate of drug-likeness (QED) is 0.828. The number of nitrogens with one attached hydrogen (secondary N) is 1. The van der Waals surface area contributed by atoms with Crippen LogP contribution in [0.25, 0.3) is 0 Å². The normalized spacial score (nSPS) is 12.6. The predicted molar refractivity (Wildman–Crippen MR) is 83.5 cm³/mol. The average molecular weight is 287 g/mol. The van der Waals surface area contributed by atoms with E-state index >= 15 is 0 Å². The van der Waals surface area contributed by atoms with Crippen molar-refractivity contribution in [3.05, 3.63) is 71.5 Å². The molecule has 0 fully saturated rings. The standard InChI is InChI=1S/C18H22FNO/c1-14(2)20-12-18(16-9-6-10-17(19)11-16)21-13-15-7-4-3-5-8-15/h3-11,14,18,20H,12-13H2,1-2H3. The fraction of sp³-hybridized carbons (Fsp3) is 0.333. The molecule has 0 aliphatic heterocycles. The molecule has 3 heteroatoms. The Balaban J connectivity index is 2.05. The van der Waals surface area contributed by atoms with Gasteiger partial charge in [-0.05, 0) is 23.3 Å². The highest BCUT2D eigenvalue weighted by Crippen LogP contribution is 2.19. The van der Waals surface area contributed by atoms with E-state index in [1.54, 1.807) is 6.07 Å². The van der Waals surface area contributed by atoms with Crippen LogP contribution in [-0.2, 0) is 11.3 Å². The van der Waals surface area contributed by atoms with E-state index in [-0.39, 0.29) is 11.9 Å². The zero-order valence-corrected chi connectivity index (χ0v) is 12.6. The number of rotatable bonds is 7. The third-order valence-corrected chi connectivity index (χ3v) is 3.23. The summed E-state index contributed by atoms with van der Waals surface area (Å²) in [5.74, 6) is -0.231. The number of hydrogen-bond donors (Lipinski definition) is 1. The summed E-state index contributed by atoms with van der Waals surface area (Å²) in [5, 5.41) is 3.35. The second-order valence-corrected chi connectivity index (χ2v) is 5.40. The maximum Gasteiger partial charge on any atom is 0.123 e. The Labute approximate surface area is 126 Å². The fourth-order valence-electron chi connectivity index (χ4n) is 2.09. The van der Waals surface area contributed by atoms with Gasteiger partial charge < -0.3 is 10.1 Å². The molecule has 0 aliphatic rings. The highest BCUT2D eigenvalue weighted by molar-refractivity contribution is 5.20. The van der Waals surface area contributed by atoms with Crippen LogP contribution in [0.3, 0.4) is 0 Å². The van der Waals surface area contributed by atoms with Crippen molar-refractivity contribution in [3.8, 4) is 0 Å². The van der Waals surface area contributed by atoms with Crippen LogP contribution in [0.4, 0.5) is 4.39 Å². The van der Waals surface area contributed by atoms with E-state index in [4.69, 9.17) is 4.74 Å². The van der Waals surface area contributed by atoms with Crippen molar-refractivity contribution in [2.45, 2.75) is 32.6 Å². The molecule has 0 saturated carbocycles. The molecule has 0 amide bonds. The van der Waals surface area contributed by atoms with Gasteiger partial charge in [0.2, 0.25) is 0 Å². The molecule has 0 spiro atoms. The van der Waals surface area contributed by atoms with Crippen LogP contribution in [0.15, 0.2) is 54.6 Å². The molecule has 1 N–H and O–H groups in total. The Kier molecular flexibility index (Phi) is 5.90. The zero-order valence-electron chi connectivity index (χ0n) is 12.6. The molecule has 0 heterocycles. The summed E-state index contributed by atoms with van der Waals surface area (Å²) in [6.07, 6.45) is -0.164. The van der Waals surface area contributed by atoms with E-state index in [0.29, 0.717) is 19.2 Å². The minimum Gasteiger partial charge on any atom is -0.368 e. The Bertz CT molecular complexity index is 542. The van der Waals surface area contributed by atoms with Gasteiger partial charge in [-0.2, -0.15) is 0 Å². The highest BCUT2D eigenvalue weighted by atomic mass is 19.1. The Hall–Kier alpha value is -1.71. The summed E-state index contributed by atoms with van der Waals surface area (Å²) >= 11 is 0. The van der Waals surface area contributed by atoms with E-state index in [0.717, 1.165) is 11.1 Å². The first-order chi connectivity index (χ1) is 10.1. The Morgan fingerprint density at radius 3 is 2.48 bits per heavy atom. The van der Waals surface area contributed by atoms with Gasteiger partial charge in [-0.1, -0.05) is 56.3 Å². The summed E-state index contributed by atoms with van der Waals surface area (Å²) in [6, 6.07) is 17.0. The van der Waals surface area contributed by atoms with E-state index in [9.17, 15) is 4.39 Å². The molecule has 2 aromatic carbocycles. The van der Waals surface area contributed by atoms with Crippen molar-refractivity contribution in [2.75, 3.05) is 6.54 Å². The largest absolute Gasteiger partial charge is 0.368 e. The third-order valence-electron chi connectivity index (χ3n) is 3.23. The van der Waals surface area contributed by atoms with Crippen molar-refractivity contribution in [1.82, 2.24) is 5.32 Å². The van der Waals surface area contributed by atoms with Crippen LogP contribution >= 0.6 is 0 Å². The zero-order chi connectivity index (χ0) is 15.1. The van der Waals surface area contributed by atoms with Crippen LogP contribution in [0.2, 0.25) is 0 Å². The topological polar surface area (TPSA) is 21.3 Å². The average Bonchev–Trinajstić information content (AvgIpc) is 2.48. The number of hydrogen-bond acceptors (Lipinski definition) is 2. The molecule has 2 aromatic rings. The van der Waals surface area contributed by atoms with E-state index < -0.39 is 0 Å². The summed E-state index contributed by atoms with van der Waals surface area (Å²) in [6.45, 7) is 5.34. The fourth-order valence-corrected chi connectivity index (χ4v) is 2.09. The monoisotopic (exact) mass is 287 g/mol. The molecule has 0 aliphatic carbocycles. The van der Waals surface area contributed by atoms with Gasteiger partial charge in [0.05, 0.1) is 12.7 Å². The van der Waals surface area contributed by atoms with Crippen molar-refractivity contribution < 1.29 is 9.13 Å².